The van der Waals surface area contributed by atoms with E-state index in [1.165, 1.54) is 23.3 Å². The molecule has 1 heterocycles. The highest BCUT2D eigenvalue weighted by molar-refractivity contribution is 6.30. The molecule has 0 unspecified atom stereocenters. The van der Waals surface area contributed by atoms with Gasteiger partial charge in [-0.1, -0.05) is 35.9 Å². The van der Waals surface area contributed by atoms with Crippen LogP contribution in [0.25, 0.3) is 0 Å². The molecule has 1 saturated heterocycles. The lowest BCUT2D eigenvalue weighted by Crippen LogP contribution is -2.46. The Balaban J connectivity index is 1.40. The van der Waals surface area contributed by atoms with Gasteiger partial charge < -0.3 is 10.2 Å². The first-order valence-corrected chi connectivity index (χ1v) is 9.63. The first-order valence-electron chi connectivity index (χ1n) is 9.25. The van der Waals surface area contributed by atoms with Crippen molar-refractivity contribution >= 4 is 23.2 Å². The van der Waals surface area contributed by atoms with Crippen molar-refractivity contribution < 1.29 is 9.18 Å². The van der Waals surface area contributed by atoms with Crippen LogP contribution in [-0.2, 0) is 11.3 Å². The van der Waals surface area contributed by atoms with Crippen molar-refractivity contribution in [2.24, 2.45) is 0 Å². The number of benzene rings is 2. The molecule has 27 heavy (non-hydrogen) atoms. The minimum atomic E-state index is -0.513. The molecule has 0 saturated carbocycles. The van der Waals surface area contributed by atoms with Gasteiger partial charge in [-0.15, -0.1) is 0 Å². The van der Waals surface area contributed by atoms with Crippen LogP contribution >= 0.6 is 11.6 Å². The maximum absolute atomic E-state index is 13.7. The molecule has 1 N–H and O–H groups in total. The molecule has 1 aliphatic heterocycles. The second-order valence-electron chi connectivity index (χ2n) is 6.97. The van der Waals surface area contributed by atoms with Crippen molar-refractivity contribution in [2.45, 2.75) is 19.9 Å². The monoisotopic (exact) mass is 389 g/mol. The molecule has 1 amide bonds. The van der Waals surface area contributed by atoms with Gasteiger partial charge in [-0.2, -0.15) is 0 Å². The lowest BCUT2D eigenvalue weighted by Gasteiger charge is -2.34. The molecule has 144 valence electrons. The fourth-order valence-corrected chi connectivity index (χ4v) is 3.42. The van der Waals surface area contributed by atoms with Gasteiger partial charge in [0.1, 0.15) is 5.82 Å². The molecule has 2 aromatic carbocycles. The van der Waals surface area contributed by atoms with E-state index in [-0.39, 0.29) is 11.6 Å². The Labute approximate surface area is 164 Å². The Kier molecular flexibility index (Phi) is 6.83. The molecule has 1 fully saturated rings. The van der Waals surface area contributed by atoms with Crippen molar-refractivity contribution in [3.8, 4) is 0 Å². The highest BCUT2D eigenvalue weighted by atomic mass is 35.5. The number of amides is 1. The molecule has 0 radical (unpaired) electrons. The van der Waals surface area contributed by atoms with E-state index in [1.807, 2.05) is 0 Å². The summed E-state index contributed by atoms with van der Waals surface area (Å²) < 4.78 is 13.7. The normalized spacial score (nSPS) is 15.7. The molecular weight excluding hydrogens is 365 g/mol. The summed E-state index contributed by atoms with van der Waals surface area (Å²) in [6, 6.07) is 12.7. The second kappa shape index (κ2) is 9.31. The maximum Gasteiger partial charge on any atom is 0.225 e. The number of hydrogen-bond acceptors (Lipinski definition) is 3. The van der Waals surface area contributed by atoms with E-state index in [0.29, 0.717) is 18.0 Å². The van der Waals surface area contributed by atoms with Crippen LogP contribution < -0.4 is 5.32 Å². The van der Waals surface area contributed by atoms with Gasteiger partial charge in [0.05, 0.1) is 5.69 Å². The zero-order chi connectivity index (χ0) is 19.2. The molecule has 4 nitrogen and oxygen atoms in total. The van der Waals surface area contributed by atoms with Gasteiger partial charge >= 0.3 is 0 Å². The summed E-state index contributed by atoms with van der Waals surface area (Å²) in [5, 5.41) is 2.93. The average Bonchev–Trinajstić information content (AvgIpc) is 2.65. The van der Waals surface area contributed by atoms with E-state index in [9.17, 15) is 9.18 Å². The number of anilines is 1. The van der Waals surface area contributed by atoms with Gasteiger partial charge in [-0.3, -0.25) is 9.69 Å². The van der Waals surface area contributed by atoms with E-state index in [2.05, 4.69) is 46.3 Å². The van der Waals surface area contributed by atoms with Crippen LogP contribution in [0.2, 0.25) is 5.02 Å². The van der Waals surface area contributed by atoms with E-state index in [0.717, 1.165) is 32.7 Å². The van der Waals surface area contributed by atoms with Crippen molar-refractivity contribution in [3.05, 3.63) is 64.4 Å². The van der Waals surface area contributed by atoms with Gasteiger partial charge in [0.2, 0.25) is 5.91 Å². The summed E-state index contributed by atoms with van der Waals surface area (Å²) in [6.45, 7) is 7.65. The Bertz CT molecular complexity index is 791. The van der Waals surface area contributed by atoms with Crippen LogP contribution in [0.15, 0.2) is 42.5 Å². The summed E-state index contributed by atoms with van der Waals surface area (Å²) in [6.07, 6.45) is 0.347. The van der Waals surface area contributed by atoms with Crippen LogP contribution in [-0.4, -0.2) is 48.4 Å². The van der Waals surface area contributed by atoms with E-state index < -0.39 is 5.82 Å². The number of aryl methyl sites for hydroxylation is 1. The molecule has 0 bridgehead atoms. The molecule has 0 aromatic heterocycles. The van der Waals surface area contributed by atoms with Gasteiger partial charge in [0.25, 0.3) is 0 Å². The van der Waals surface area contributed by atoms with Crippen LogP contribution in [0.4, 0.5) is 10.1 Å². The minimum Gasteiger partial charge on any atom is -0.324 e. The molecule has 3 rings (SSSR count). The highest BCUT2D eigenvalue weighted by Gasteiger charge is 2.18. The predicted molar refractivity (Wildman–Crippen MR) is 108 cm³/mol. The zero-order valence-corrected chi connectivity index (χ0v) is 16.3. The van der Waals surface area contributed by atoms with Gasteiger partial charge in [-0.25, -0.2) is 4.39 Å². The second-order valence-corrected chi connectivity index (χ2v) is 7.40. The maximum atomic E-state index is 13.7. The highest BCUT2D eigenvalue weighted by Crippen LogP contribution is 2.19. The molecule has 0 atom stereocenters. The van der Waals surface area contributed by atoms with E-state index in [4.69, 9.17) is 11.6 Å². The molecule has 1 aliphatic rings. The Morgan fingerprint density at radius 2 is 1.81 bits per heavy atom. The lowest BCUT2D eigenvalue weighted by molar-refractivity contribution is -0.116. The molecule has 2 aromatic rings. The number of carbonyl (C=O) groups excluding carboxylic acids is 1. The Morgan fingerprint density at radius 1 is 1.11 bits per heavy atom. The summed E-state index contributed by atoms with van der Waals surface area (Å²) in [5.41, 5.74) is 2.87. The third-order valence-corrected chi connectivity index (χ3v) is 5.22. The van der Waals surface area contributed by atoms with E-state index in [1.54, 1.807) is 6.07 Å². The average molecular weight is 390 g/mol. The number of nitrogens with one attached hydrogen (secondary N) is 1. The lowest BCUT2D eigenvalue weighted by atomic mass is 10.1. The number of piperazine rings is 1. The Morgan fingerprint density at radius 3 is 2.52 bits per heavy atom. The fraction of sp³-hybridized carbons (Fsp3) is 0.381. The van der Waals surface area contributed by atoms with Crippen molar-refractivity contribution in [1.82, 2.24) is 9.80 Å². The molecule has 0 spiro atoms. The largest absolute Gasteiger partial charge is 0.324 e. The Hall–Kier alpha value is -1.95. The SMILES string of the molecule is Cc1ccccc1CN1CCN(CCC(=O)Nc2ccc(Cl)cc2F)CC1. The van der Waals surface area contributed by atoms with Crippen molar-refractivity contribution in [2.75, 3.05) is 38.0 Å². The van der Waals surface area contributed by atoms with Crippen LogP contribution in [0.3, 0.4) is 0 Å². The molecule has 0 aliphatic carbocycles. The van der Waals surface area contributed by atoms with Gasteiger partial charge in [-0.05, 0) is 36.2 Å². The standard InChI is InChI=1S/C21H25ClFN3O/c1-16-4-2-3-5-17(16)15-26-12-10-25(11-13-26)9-8-21(27)24-20-7-6-18(22)14-19(20)23/h2-7,14H,8-13,15H2,1H3,(H,24,27). The topological polar surface area (TPSA) is 35.6 Å². The minimum absolute atomic E-state index is 0.174. The van der Waals surface area contributed by atoms with E-state index >= 15 is 0 Å². The molecular formula is C21H25ClFN3O. The summed E-state index contributed by atoms with van der Waals surface area (Å²) in [5.74, 6) is -0.695. The predicted octanol–water partition coefficient (Wildman–Crippen LogP) is 3.93. The van der Waals surface area contributed by atoms with Gasteiger partial charge in [0, 0.05) is 50.7 Å². The molecule has 6 heteroatoms. The van der Waals surface area contributed by atoms with Crippen molar-refractivity contribution in [1.29, 1.82) is 0 Å². The third kappa shape index (κ3) is 5.76. The fourth-order valence-electron chi connectivity index (χ4n) is 3.26. The third-order valence-electron chi connectivity index (χ3n) is 4.98. The number of halogens is 2. The van der Waals surface area contributed by atoms with Crippen LogP contribution in [0, 0.1) is 12.7 Å². The van der Waals surface area contributed by atoms with Crippen LogP contribution in [0.1, 0.15) is 17.5 Å². The first kappa shape index (κ1) is 19.8. The van der Waals surface area contributed by atoms with Gasteiger partial charge in [0.15, 0.2) is 0 Å². The summed E-state index contributed by atoms with van der Waals surface area (Å²) >= 11 is 5.72. The zero-order valence-electron chi connectivity index (χ0n) is 15.5. The number of rotatable bonds is 6. The first-order chi connectivity index (χ1) is 13.0. The van der Waals surface area contributed by atoms with Crippen molar-refractivity contribution in [3.63, 3.8) is 0 Å². The number of hydrogen-bond donors (Lipinski definition) is 1. The summed E-state index contributed by atoms with van der Waals surface area (Å²) in [4.78, 5) is 16.8. The smallest absolute Gasteiger partial charge is 0.225 e. The number of nitrogens with zero attached hydrogens (tertiary/aromatic N) is 2. The van der Waals surface area contributed by atoms with Crippen LogP contribution in [0.5, 0.6) is 0 Å². The number of carbonyl (C=O) groups is 1. The summed E-state index contributed by atoms with van der Waals surface area (Å²) in [7, 11) is 0. The quantitative estimate of drug-likeness (QED) is 0.813.